The van der Waals surface area contributed by atoms with Crippen molar-refractivity contribution < 1.29 is 19.1 Å². The number of alkyl carbamates (subject to hydrolysis) is 1. The first-order valence-corrected chi connectivity index (χ1v) is 9.93. The van der Waals surface area contributed by atoms with Crippen molar-refractivity contribution in [1.82, 2.24) is 5.32 Å². The Morgan fingerprint density at radius 2 is 1.70 bits per heavy atom. The lowest BCUT2D eigenvalue weighted by Gasteiger charge is -2.38. The number of ether oxygens (including phenoxy) is 1. The van der Waals surface area contributed by atoms with Crippen molar-refractivity contribution in [1.29, 1.82) is 0 Å². The number of rotatable bonds is 5. The zero-order chi connectivity index (χ0) is 16.2. The molecule has 0 saturated heterocycles. The molecule has 1 amide bonds. The molecule has 6 heteroatoms. The predicted molar refractivity (Wildman–Crippen MR) is 83.4 cm³/mol. The zero-order valence-corrected chi connectivity index (χ0v) is 15.2. The summed E-state index contributed by atoms with van der Waals surface area (Å²) in [5, 5.41) is 12.1. The van der Waals surface area contributed by atoms with Crippen molar-refractivity contribution in [3.63, 3.8) is 0 Å². The Hall–Kier alpha value is -0.593. The molecule has 0 aromatic heterocycles. The highest BCUT2D eigenvalue weighted by atomic mass is 28.4. The van der Waals surface area contributed by atoms with Crippen LogP contribution in [0.25, 0.3) is 0 Å². The van der Waals surface area contributed by atoms with E-state index in [9.17, 15) is 9.90 Å². The van der Waals surface area contributed by atoms with Crippen LogP contribution in [-0.2, 0) is 9.16 Å². The second-order valence-corrected chi connectivity index (χ2v) is 12.4. The molecule has 0 spiro atoms. The van der Waals surface area contributed by atoms with Gasteiger partial charge in [0.25, 0.3) is 0 Å². The van der Waals surface area contributed by atoms with Crippen molar-refractivity contribution in [2.24, 2.45) is 0 Å². The Kier molecular flexibility index (Phi) is 6.71. The van der Waals surface area contributed by atoms with E-state index < -0.39 is 20.5 Å². The third kappa shape index (κ3) is 7.26. The van der Waals surface area contributed by atoms with E-state index in [2.05, 4.69) is 39.2 Å². The van der Waals surface area contributed by atoms with Gasteiger partial charge in [0.1, 0.15) is 12.7 Å². The van der Waals surface area contributed by atoms with E-state index in [0.717, 1.165) is 0 Å². The SMILES string of the molecule is CC(C)(C)NC(=O)OC[C@H](CO)O[Si](C)(C)C(C)(C)C. The van der Waals surface area contributed by atoms with Crippen LogP contribution >= 0.6 is 0 Å². The number of aliphatic hydroxyl groups is 1. The molecule has 0 fully saturated rings. The fourth-order valence-corrected chi connectivity index (χ4v) is 2.56. The molecule has 0 aromatic carbocycles. The maximum atomic E-state index is 11.6. The van der Waals surface area contributed by atoms with E-state index >= 15 is 0 Å². The zero-order valence-electron chi connectivity index (χ0n) is 14.2. The van der Waals surface area contributed by atoms with E-state index in [1.54, 1.807) is 0 Å². The van der Waals surface area contributed by atoms with Crippen LogP contribution in [-0.4, -0.2) is 44.4 Å². The topological polar surface area (TPSA) is 67.8 Å². The molecule has 0 aliphatic rings. The van der Waals surface area contributed by atoms with Crippen LogP contribution < -0.4 is 5.32 Å². The smallest absolute Gasteiger partial charge is 0.407 e. The van der Waals surface area contributed by atoms with Gasteiger partial charge in [0.05, 0.1) is 6.61 Å². The van der Waals surface area contributed by atoms with Gasteiger partial charge in [0, 0.05) is 5.54 Å². The van der Waals surface area contributed by atoms with Gasteiger partial charge in [0.2, 0.25) is 0 Å². The quantitative estimate of drug-likeness (QED) is 0.766. The largest absolute Gasteiger partial charge is 0.447 e. The molecule has 0 aliphatic carbocycles. The van der Waals surface area contributed by atoms with Gasteiger partial charge in [0.15, 0.2) is 8.32 Å². The number of carbonyl (C=O) groups is 1. The van der Waals surface area contributed by atoms with Crippen molar-refractivity contribution >= 4 is 14.4 Å². The van der Waals surface area contributed by atoms with Crippen LogP contribution in [0.5, 0.6) is 0 Å². The normalized spacial score (nSPS) is 14.8. The lowest BCUT2D eigenvalue weighted by molar-refractivity contribution is 0.0371. The molecule has 0 saturated carbocycles. The molecule has 2 N–H and O–H groups in total. The Labute approximate surface area is 124 Å². The van der Waals surface area contributed by atoms with Gasteiger partial charge < -0.3 is 19.6 Å². The fraction of sp³-hybridized carbons (Fsp3) is 0.929. The second-order valence-electron chi connectivity index (χ2n) is 7.66. The number of hydrogen-bond donors (Lipinski definition) is 2. The maximum Gasteiger partial charge on any atom is 0.407 e. The summed E-state index contributed by atoms with van der Waals surface area (Å²) >= 11 is 0. The summed E-state index contributed by atoms with van der Waals surface area (Å²) in [5.74, 6) is 0. The van der Waals surface area contributed by atoms with Crippen molar-refractivity contribution in [2.75, 3.05) is 13.2 Å². The average molecular weight is 305 g/mol. The molecule has 0 aliphatic heterocycles. The van der Waals surface area contributed by atoms with E-state index in [4.69, 9.17) is 9.16 Å². The number of hydrogen-bond acceptors (Lipinski definition) is 4. The van der Waals surface area contributed by atoms with Crippen LogP contribution in [0.3, 0.4) is 0 Å². The summed E-state index contributed by atoms with van der Waals surface area (Å²) in [4.78, 5) is 11.6. The molecule has 5 nitrogen and oxygen atoms in total. The molecule has 0 radical (unpaired) electrons. The van der Waals surface area contributed by atoms with E-state index in [1.165, 1.54) is 0 Å². The highest BCUT2D eigenvalue weighted by Crippen LogP contribution is 2.37. The van der Waals surface area contributed by atoms with Crippen LogP contribution in [0.2, 0.25) is 18.1 Å². The minimum absolute atomic E-state index is 0.0497. The summed E-state index contributed by atoms with van der Waals surface area (Å²) in [6.07, 6.45) is -0.962. The first kappa shape index (κ1) is 19.4. The van der Waals surface area contributed by atoms with Gasteiger partial charge in [-0.15, -0.1) is 0 Å². The molecule has 20 heavy (non-hydrogen) atoms. The lowest BCUT2D eigenvalue weighted by atomic mass is 10.1. The molecule has 0 rings (SSSR count). The Bertz CT molecular complexity index is 318. The van der Waals surface area contributed by atoms with E-state index in [-0.39, 0.29) is 23.8 Å². The Morgan fingerprint density at radius 1 is 1.20 bits per heavy atom. The maximum absolute atomic E-state index is 11.6. The molecular weight excluding hydrogens is 274 g/mol. The predicted octanol–water partition coefficient (Wildman–Crippen LogP) is 2.89. The number of carbonyl (C=O) groups excluding carboxylic acids is 1. The van der Waals surface area contributed by atoms with E-state index in [1.807, 2.05) is 20.8 Å². The Morgan fingerprint density at radius 3 is 2.05 bits per heavy atom. The summed E-state index contributed by atoms with van der Waals surface area (Å²) in [7, 11) is -1.98. The number of amides is 1. The second kappa shape index (κ2) is 6.91. The van der Waals surface area contributed by atoms with Gasteiger partial charge in [-0.25, -0.2) is 4.79 Å². The van der Waals surface area contributed by atoms with Crippen LogP contribution in [0.4, 0.5) is 4.79 Å². The van der Waals surface area contributed by atoms with Gasteiger partial charge in [-0.2, -0.15) is 0 Å². The van der Waals surface area contributed by atoms with E-state index in [0.29, 0.717) is 0 Å². The standard InChI is InChI=1S/C14H31NO4Si/c1-13(2,3)15-12(17)18-10-11(9-16)19-20(7,8)14(4,5)6/h11,16H,9-10H2,1-8H3,(H,15,17)/t11-/m0/s1. The van der Waals surface area contributed by atoms with Gasteiger partial charge in [-0.1, -0.05) is 20.8 Å². The van der Waals surface area contributed by atoms with Crippen LogP contribution in [0.15, 0.2) is 0 Å². The molecule has 120 valence electrons. The monoisotopic (exact) mass is 305 g/mol. The Balaban J connectivity index is 4.41. The highest BCUT2D eigenvalue weighted by molar-refractivity contribution is 6.74. The summed E-state index contributed by atoms with van der Waals surface area (Å²) in [6, 6.07) is 0. The van der Waals surface area contributed by atoms with Crippen LogP contribution in [0.1, 0.15) is 41.5 Å². The highest BCUT2D eigenvalue weighted by Gasteiger charge is 2.39. The lowest BCUT2D eigenvalue weighted by Crippen LogP contribution is -2.47. The molecule has 0 unspecified atom stereocenters. The molecule has 0 heterocycles. The van der Waals surface area contributed by atoms with Crippen molar-refractivity contribution in [3.8, 4) is 0 Å². The van der Waals surface area contributed by atoms with Gasteiger partial charge >= 0.3 is 6.09 Å². The molecule has 0 aromatic rings. The van der Waals surface area contributed by atoms with Crippen LogP contribution in [0, 0.1) is 0 Å². The minimum Gasteiger partial charge on any atom is -0.447 e. The summed E-state index contributed by atoms with van der Waals surface area (Å²) in [6.45, 7) is 16.1. The van der Waals surface area contributed by atoms with Crippen molar-refractivity contribution in [2.45, 2.75) is 71.3 Å². The molecule has 0 bridgehead atoms. The fourth-order valence-electron chi connectivity index (χ4n) is 1.23. The summed E-state index contributed by atoms with van der Waals surface area (Å²) in [5.41, 5.74) is -0.341. The minimum atomic E-state index is -1.98. The molecular formula is C14H31NO4Si. The first-order valence-electron chi connectivity index (χ1n) is 7.02. The average Bonchev–Trinajstić information content (AvgIpc) is 2.19. The van der Waals surface area contributed by atoms with Crippen molar-refractivity contribution in [3.05, 3.63) is 0 Å². The summed E-state index contributed by atoms with van der Waals surface area (Å²) < 4.78 is 11.1. The number of aliphatic hydroxyl groups excluding tert-OH is 1. The molecule has 1 atom stereocenters. The van der Waals surface area contributed by atoms with Gasteiger partial charge in [-0.05, 0) is 38.9 Å². The third-order valence-electron chi connectivity index (χ3n) is 3.35. The first-order chi connectivity index (χ1) is 8.78. The third-order valence-corrected chi connectivity index (χ3v) is 7.88. The number of nitrogens with one attached hydrogen (secondary N) is 1. The van der Waals surface area contributed by atoms with Gasteiger partial charge in [-0.3, -0.25) is 0 Å².